The van der Waals surface area contributed by atoms with E-state index in [2.05, 4.69) is 15.3 Å². The number of primary amides is 1. The first-order valence-electron chi connectivity index (χ1n) is 5.32. The fraction of sp³-hybridized carbons (Fsp3) is 0.167. The summed E-state index contributed by atoms with van der Waals surface area (Å²) in [5.74, 6) is -0.401. The number of hydrogen-bond donors (Lipinski definition) is 3. The van der Waals surface area contributed by atoms with Gasteiger partial charge in [-0.05, 0) is 17.7 Å². The summed E-state index contributed by atoms with van der Waals surface area (Å²) in [5, 5.41) is 3.27. The van der Waals surface area contributed by atoms with Gasteiger partial charge in [-0.15, -0.1) is 0 Å². The van der Waals surface area contributed by atoms with Crippen LogP contribution in [0.2, 0.25) is 0 Å². The van der Waals surface area contributed by atoms with Crippen LogP contribution in [-0.2, 0) is 13.1 Å². The Morgan fingerprint density at radius 3 is 2.65 bits per heavy atom. The Balaban J connectivity index is 1.85. The van der Waals surface area contributed by atoms with E-state index in [1.807, 2.05) is 12.1 Å². The first-order valence-corrected chi connectivity index (χ1v) is 5.32. The van der Waals surface area contributed by atoms with Crippen LogP contribution < -0.4 is 11.1 Å². The van der Waals surface area contributed by atoms with Crippen LogP contribution in [0.15, 0.2) is 36.8 Å². The quantitative estimate of drug-likeness (QED) is 0.710. The van der Waals surface area contributed by atoms with Gasteiger partial charge in [0.15, 0.2) is 0 Å². The van der Waals surface area contributed by atoms with Crippen molar-refractivity contribution in [3.63, 3.8) is 0 Å². The summed E-state index contributed by atoms with van der Waals surface area (Å²) in [6.07, 6.45) is 3.43. The largest absolute Gasteiger partial charge is 0.366 e. The molecule has 1 aromatic carbocycles. The molecule has 0 atom stereocenters. The molecule has 1 heterocycles. The first-order chi connectivity index (χ1) is 8.25. The van der Waals surface area contributed by atoms with Gasteiger partial charge in [-0.2, -0.15) is 0 Å². The molecule has 4 N–H and O–H groups in total. The topological polar surface area (TPSA) is 83.8 Å². The Morgan fingerprint density at radius 1 is 1.29 bits per heavy atom. The van der Waals surface area contributed by atoms with E-state index in [9.17, 15) is 4.79 Å². The summed E-state index contributed by atoms with van der Waals surface area (Å²) in [4.78, 5) is 17.8. The van der Waals surface area contributed by atoms with Gasteiger partial charge < -0.3 is 16.0 Å². The van der Waals surface area contributed by atoms with Crippen LogP contribution in [0.25, 0.3) is 0 Å². The smallest absolute Gasteiger partial charge is 0.248 e. The molecule has 88 valence electrons. The van der Waals surface area contributed by atoms with Crippen LogP contribution in [0.5, 0.6) is 0 Å². The highest BCUT2D eigenvalue weighted by molar-refractivity contribution is 5.92. The maximum Gasteiger partial charge on any atom is 0.248 e. The summed E-state index contributed by atoms with van der Waals surface area (Å²) < 4.78 is 0. The van der Waals surface area contributed by atoms with E-state index in [1.54, 1.807) is 24.7 Å². The minimum atomic E-state index is -0.401. The van der Waals surface area contributed by atoms with Crippen LogP contribution in [0.4, 0.5) is 0 Å². The third kappa shape index (κ3) is 3.15. The van der Waals surface area contributed by atoms with Gasteiger partial charge in [0.25, 0.3) is 0 Å². The molecule has 0 aliphatic heterocycles. The Hall–Kier alpha value is -2.14. The lowest BCUT2D eigenvalue weighted by Gasteiger charge is -2.04. The molecule has 0 aliphatic rings. The summed E-state index contributed by atoms with van der Waals surface area (Å²) in [7, 11) is 0. The van der Waals surface area contributed by atoms with Gasteiger partial charge in [0, 0.05) is 30.5 Å². The maximum absolute atomic E-state index is 10.9. The lowest BCUT2D eigenvalue weighted by atomic mass is 10.1. The zero-order valence-electron chi connectivity index (χ0n) is 9.31. The molecule has 0 saturated carbocycles. The molecule has 0 fully saturated rings. The van der Waals surface area contributed by atoms with Crippen molar-refractivity contribution in [2.45, 2.75) is 13.1 Å². The number of amides is 1. The van der Waals surface area contributed by atoms with Crippen molar-refractivity contribution in [3.05, 3.63) is 53.6 Å². The summed E-state index contributed by atoms with van der Waals surface area (Å²) >= 11 is 0. The Kier molecular flexibility index (Phi) is 3.52. The molecule has 2 rings (SSSR count). The molecule has 17 heavy (non-hydrogen) atoms. The van der Waals surface area contributed by atoms with E-state index in [1.165, 1.54) is 0 Å². The van der Waals surface area contributed by atoms with Crippen molar-refractivity contribution in [2.24, 2.45) is 5.73 Å². The van der Waals surface area contributed by atoms with E-state index in [4.69, 9.17) is 5.73 Å². The fourth-order valence-corrected chi connectivity index (χ4v) is 1.51. The predicted molar refractivity (Wildman–Crippen MR) is 64.1 cm³/mol. The molecule has 5 nitrogen and oxygen atoms in total. The second kappa shape index (κ2) is 5.27. The molecule has 0 radical (unpaired) electrons. The van der Waals surface area contributed by atoms with Crippen molar-refractivity contribution in [3.8, 4) is 0 Å². The fourth-order valence-electron chi connectivity index (χ4n) is 1.51. The number of nitrogens with one attached hydrogen (secondary N) is 2. The monoisotopic (exact) mass is 230 g/mol. The van der Waals surface area contributed by atoms with Crippen LogP contribution in [0, 0.1) is 0 Å². The Bertz CT molecular complexity index is 476. The summed E-state index contributed by atoms with van der Waals surface area (Å²) in [6, 6.07) is 7.24. The van der Waals surface area contributed by atoms with Gasteiger partial charge in [0.1, 0.15) is 0 Å². The SMILES string of the molecule is NC(=O)c1ccc(CNCc2cnc[nH]2)cc1. The molecule has 0 spiro atoms. The van der Waals surface area contributed by atoms with Crippen molar-refractivity contribution >= 4 is 5.91 Å². The number of rotatable bonds is 5. The van der Waals surface area contributed by atoms with Crippen LogP contribution in [-0.4, -0.2) is 15.9 Å². The average Bonchev–Trinajstić information content (AvgIpc) is 2.83. The highest BCUT2D eigenvalue weighted by Gasteiger charge is 1.99. The lowest BCUT2D eigenvalue weighted by molar-refractivity contribution is 0.100. The van der Waals surface area contributed by atoms with E-state index in [0.29, 0.717) is 5.56 Å². The van der Waals surface area contributed by atoms with E-state index >= 15 is 0 Å². The molecule has 0 unspecified atom stereocenters. The Morgan fingerprint density at radius 2 is 2.06 bits per heavy atom. The van der Waals surface area contributed by atoms with Gasteiger partial charge in [0.2, 0.25) is 5.91 Å². The number of hydrogen-bond acceptors (Lipinski definition) is 3. The minimum Gasteiger partial charge on any atom is -0.366 e. The van der Waals surface area contributed by atoms with Crippen molar-refractivity contribution in [1.29, 1.82) is 0 Å². The zero-order valence-corrected chi connectivity index (χ0v) is 9.31. The number of nitrogens with zero attached hydrogens (tertiary/aromatic N) is 1. The van der Waals surface area contributed by atoms with E-state index in [-0.39, 0.29) is 0 Å². The molecule has 0 aliphatic carbocycles. The van der Waals surface area contributed by atoms with E-state index in [0.717, 1.165) is 24.3 Å². The number of aromatic amines is 1. The second-order valence-electron chi connectivity index (χ2n) is 3.74. The van der Waals surface area contributed by atoms with Gasteiger partial charge in [-0.3, -0.25) is 4.79 Å². The van der Waals surface area contributed by atoms with E-state index < -0.39 is 5.91 Å². The lowest BCUT2D eigenvalue weighted by Crippen LogP contribution is -2.14. The van der Waals surface area contributed by atoms with Gasteiger partial charge in [0.05, 0.1) is 6.33 Å². The first kappa shape index (κ1) is 11.3. The van der Waals surface area contributed by atoms with Gasteiger partial charge in [-0.1, -0.05) is 12.1 Å². The number of benzene rings is 1. The summed E-state index contributed by atoms with van der Waals surface area (Å²) in [5.41, 5.74) is 7.84. The van der Waals surface area contributed by atoms with Crippen molar-refractivity contribution < 1.29 is 4.79 Å². The number of aromatic nitrogens is 2. The maximum atomic E-state index is 10.9. The molecule has 5 heteroatoms. The van der Waals surface area contributed by atoms with Gasteiger partial charge >= 0.3 is 0 Å². The van der Waals surface area contributed by atoms with Gasteiger partial charge in [-0.25, -0.2) is 4.98 Å². The molecule has 0 bridgehead atoms. The number of H-pyrrole nitrogens is 1. The predicted octanol–water partition coefficient (Wildman–Crippen LogP) is 0.798. The molecular weight excluding hydrogens is 216 g/mol. The van der Waals surface area contributed by atoms with Crippen molar-refractivity contribution in [2.75, 3.05) is 0 Å². The highest BCUT2D eigenvalue weighted by atomic mass is 16.1. The van der Waals surface area contributed by atoms with Crippen molar-refractivity contribution in [1.82, 2.24) is 15.3 Å². The molecule has 1 aromatic heterocycles. The Labute approximate surface area is 99.1 Å². The minimum absolute atomic E-state index is 0.401. The number of imidazole rings is 1. The molecular formula is C12H14N4O. The highest BCUT2D eigenvalue weighted by Crippen LogP contribution is 2.03. The molecule has 2 aromatic rings. The molecule has 0 saturated heterocycles. The third-order valence-electron chi connectivity index (χ3n) is 2.44. The number of carbonyl (C=O) groups is 1. The number of carbonyl (C=O) groups excluding carboxylic acids is 1. The normalized spacial score (nSPS) is 10.4. The molecule has 1 amide bonds. The van der Waals surface area contributed by atoms with Crippen LogP contribution in [0.1, 0.15) is 21.6 Å². The number of nitrogens with two attached hydrogens (primary N) is 1. The standard InChI is InChI=1S/C12H14N4O/c13-12(17)10-3-1-9(2-4-10)5-14-6-11-7-15-8-16-11/h1-4,7-8,14H,5-6H2,(H2,13,17)(H,15,16). The van der Waals surface area contributed by atoms with Crippen LogP contribution in [0.3, 0.4) is 0 Å². The second-order valence-corrected chi connectivity index (χ2v) is 3.74. The average molecular weight is 230 g/mol. The summed E-state index contributed by atoms with van der Waals surface area (Å²) in [6.45, 7) is 1.47. The van der Waals surface area contributed by atoms with Crippen LogP contribution >= 0.6 is 0 Å². The zero-order chi connectivity index (χ0) is 12.1. The third-order valence-corrected chi connectivity index (χ3v) is 2.44.